The maximum absolute atomic E-state index is 12.3. The van der Waals surface area contributed by atoms with Crippen molar-refractivity contribution in [3.8, 4) is 11.8 Å². The molecule has 0 saturated heterocycles. The maximum atomic E-state index is 12.3. The van der Waals surface area contributed by atoms with E-state index in [2.05, 4.69) is 55.9 Å². The molecule has 0 fully saturated rings. The second kappa shape index (κ2) is 11.5. The molecule has 2 rings (SSSR count). The highest BCUT2D eigenvalue weighted by atomic mass is 79.9. The molecule has 28 heavy (non-hydrogen) atoms. The lowest BCUT2D eigenvalue weighted by Crippen LogP contribution is -2.25. The molecule has 144 valence electrons. The first-order valence-electron chi connectivity index (χ1n) is 8.71. The van der Waals surface area contributed by atoms with Crippen molar-refractivity contribution in [1.29, 1.82) is 5.26 Å². The van der Waals surface area contributed by atoms with Crippen LogP contribution >= 0.6 is 31.9 Å². The number of nitriles is 1. The van der Waals surface area contributed by atoms with Crippen molar-refractivity contribution in [2.24, 2.45) is 0 Å². The molecule has 1 N–H and O–H groups in total. The maximum Gasteiger partial charge on any atom is 0.261 e. The molecule has 0 atom stereocenters. The van der Waals surface area contributed by atoms with E-state index in [9.17, 15) is 10.1 Å². The van der Waals surface area contributed by atoms with Crippen molar-refractivity contribution in [2.75, 3.05) is 13.2 Å². The fourth-order valence-corrected chi connectivity index (χ4v) is 3.94. The number of aryl methyl sites for hydroxylation is 1. The molecule has 2 aromatic rings. The summed E-state index contributed by atoms with van der Waals surface area (Å²) in [6, 6.07) is 15.6. The molecule has 0 aliphatic carbocycles. The van der Waals surface area contributed by atoms with E-state index in [1.165, 1.54) is 5.56 Å². The first-order chi connectivity index (χ1) is 13.5. The molecule has 2 aromatic carbocycles. The molecule has 0 aliphatic rings. The Balaban J connectivity index is 1.99. The average Bonchev–Trinajstić information content (AvgIpc) is 2.69. The summed E-state index contributed by atoms with van der Waals surface area (Å²) in [4.78, 5) is 12.3. The van der Waals surface area contributed by atoms with E-state index >= 15 is 0 Å². The predicted molar refractivity (Wildman–Crippen MR) is 119 cm³/mol. The number of nitrogens with zero attached hydrogens (tertiary/aromatic N) is 1. The molecule has 0 unspecified atom stereocenters. The first-order valence-corrected chi connectivity index (χ1v) is 10.3. The number of carbonyl (C=O) groups excluding carboxylic acids is 1. The van der Waals surface area contributed by atoms with Gasteiger partial charge >= 0.3 is 0 Å². The van der Waals surface area contributed by atoms with Crippen LogP contribution in [0.3, 0.4) is 0 Å². The van der Waals surface area contributed by atoms with Gasteiger partial charge in [-0.2, -0.15) is 5.26 Å². The standard InChI is InChI=1S/C22H20Br2N2O2/c1-2-11-28-21-19(23)13-17(14-20(21)24)12-18(15-25)22(27)26-10-6-9-16-7-4-3-5-8-16/h2-5,7-8,12-14H,1,6,9-11H2,(H,26,27)/b18-12+. The van der Waals surface area contributed by atoms with Gasteiger partial charge in [-0.05, 0) is 74.0 Å². The van der Waals surface area contributed by atoms with Crippen molar-refractivity contribution in [3.63, 3.8) is 0 Å². The summed E-state index contributed by atoms with van der Waals surface area (Å²) in [5.74, 6) is 0.260. The van der Waals surface area contributed by atoms with Gasteiger partial charge < -0.3 is 10.1 Å². The zero-order valence-corrected chi connectivity index (χ0v) is 18.4. The van der Waals surface area contributed by atoms with Crippen LogP contribution in [0.25, 0.3) is 6.08 Å². The van der Waals surface area contributed by atoms with E-state index in [-0.39, 0.29) is 11.5 Å². The number of hydrogen-bond donors (Lipinski definition) is 1. The molecule has 4 nitrogen and oxygen atoms in total. The molecule has 0 spiro atoms. The molecule has 6 heteroatoms. The van der Waals surface area contributed by atoms with Gasteiger partial charge in [0.05, 0.1) is 8.95 Å². The molecule has 0 aliphatic heterocycles. The van der Waals surface area contributed by atoms with Gasteiger partial charge in [0.15, 0.2) is 0 Å². The Morgan fingerprint density at radius 1 is 1.21 bits per heavy atom. The van der Waals surface area contributed by atoms with Gasteiger partial charge in [-0.15, -0.1) is 0 Å². The number of carbonyl (C=O) groups is 1. The van der Waals surface area contributed by atoms with E-state index < -0.39 is 0 Å². The molecule has 1 amide bonds. The number of amides is 1. The zero-order chi connectivity index (χ0) is 20.4. The second-order valence-electron chi connectivity index (χ2n) is 5.93. The van der Waals surface area contributed by atoms with Crippen molar-refractivity contribution in [3.05, 3.63) is 80.8 Å². The molecule has 0 radical (unpaired) electrons. The molecule has 0 heterocycles. The fourth-order valence-electron chi connectivity index (χ4n) is 2.49. The Bertz CT molecular complexity index is 879. The van der Waals surface area contributed by atoms with Crippen molar-refractivity contribution in [2.45, 2.75) is 12.8 Å². The zero-order valence-electron chi connectivity index (χ0n) is 15.3. The Hall–Kier alpha value is -2.36. The third-order valence-corrected chi connectivity index (χ3v) is 4.99. The molecule has 0 saturated carbocycles. The third-order valence-electron chi connectivity index (χ3n) is 3.81. The minimum Gasteiger partial charge on any atom is -0.487 e. The van der Waals surface area contributed by atoms with Crippen molar-refractivity contribution >= 4 is 43.8 Å². The monoisotopic (exact) mass is 502 g/mol. The summed E-state index contributed by atoms with van der Waals surface area (Å²) < 4.78 is 7.01. The van der Waals surface area contributed by atoms with Gasteiger partial charge in [0, 0.05) is 6.54 Å². The van der Waals surface area contributed by atoms with E-state index in [0.29, 0.717) is 24.5 Å². The highest BCUT2D eigenvalue weighted by Crippen LogP contribution is 2.35. The van der Waals surface area contributed by atoms with Crippen LogP contribution in [0.4, 0.5) is 0 Å². The Labute approximate surface area is 182 Å². The number of hydrogen-bond acceptors (Lipinski definition) is 3. The summed E-state index contributed by atoms with van der Waals surface area (Å²) in [6.45, 7) is 4.51. The van der Waals surface area contributed by atoms with Crippen LogP contribution < -0.4 is 10.1 Å². The SMILES string of the molecule is C=CCOc1c(Br)cc(/C=C(\C#N)C(=O)NCCCc2ccccc2)cc1Br. The van der Waals surface area contributed by atoms with Gasteiger partial charge in [-0.3, -0.25) is 4.79 Å². The quantitative estimate of drug-likeness (QED) is 0.215. The van der Waals surface area contributed by atoms with E-state index in [1.807, 2.05) is 24.3 Å². The van der Waals surface area contributed by atoms with Crippen LogP contribution in [0, 0.1) is 11.3 Å². The summed E-state index contributed by atoms with van der Waals surface area (Å²) in [6.07, 6.45) is 4.89. The smallest absolute Gasteiger partial charge is 0.261 e. The van der Waals surface area contributed by atoms with Crippen LogP contribution in [0.15, 0.2) is 69.6 Å². The first kappa shape index (κ1) is 21.9. The number of ether oxygens (including phenoxy) is 1. The van der Waals surface area contributed by atoms with Crippen LogP contribution in [0.1, 0.15) is 17.5 Å². The van der Waals surface area contributed by atoms with Crippen molar-refractivity contribution in [1.82, 2.24) is 5.32 Å². The van der Waals surface area contributed by atoms with Gasteiger partial charge in [0.25, 0.3) is 5.91 Å². The van der Waals surface area contributed by atoms with Crippen LogP contribution in [-0.2, 0) is 11.2 Å². The lowest BCUT2D eigenvalue weighted by atomic mass is 10.1. The highest BCUT2D eigenvalue weighted by molar-refractivity contribution is 9.11. The van der Waals surface area contributed by atoms with Gasteiger partial charge in [-0.25, -0.2) is 0 Å². The largest absolute Gasteiger partial charge is 0.487 e. The Kier molecular flexibility index (Phi) is 8.99. The Morgan fingerprint density at radius 2 is 1.89 bits per heavy atom. The lowest BCUT2D eigenvalue weighted by Gasteiger charge is -2.10. The lowest BCUT2D eigenvalue weighted by molar-refractivity contribution is -0.117. The number of rotatable bonds is 9. The van der Waals surface area contributed by atoms with Gasteiger partial charge in [-0.1, -0.05) is 43.0 Å². The molecule has 0 bridgehead atoms. The summed E-state index contributed by atoms with van der Waals surface area (Å²) in [7, 11) is 0. The van der Waals surface area contributed by atoms with Gasteiger partial charge in [0.1, 0.15) is 24.0 Å². The van der Waals surface area contributed by atoms with E-state index in [1.54, 1.807) is 24.3 Å². The van der Waals surface area contributed by atoms with E-state index in [4.69, 9.17) is 4.74 Å². The van der Waals surface area contributed by atoms with Crippen LogP contribution in [0.2, 0.25) is 0 Å². The highest BCUT2D eigenvalue weighted by Gasteiger charge is 2.12. The van der Waals surface area contributed by atoms with E-state index in [0.717, 1.165) is 21.8 Å². The number of benzene rings is 2. The van der Waals surface area contributed by atoms with Crippen molar-refractivity contribution < 1.29 is 9.53 Å². The third kappa shape index (κ3) is 6.66. The second-order valence-corrected chi connectivity index (χ2v) is 7.64. The molecular formula is C22H20Br2N2O2. The Morgan fingerprint density at radius 3 is 2.50 bits per heavy atom. The van der Waals surface area contributed by atoms with Crippen LogP contribution in [0.5, 0.6) is 5.75 Å². The van der Waals surface area contributed by atoms with Gasteiger partial charge in [0.2, 0.25) is 0 Å². The van der Waals surface area contributed by atoms with Crippen LogP contribution in [-0.4, -0.2) is 19.1 Å². The topological polar surface area (TPSA) is 62.1 Å². The minimum atomic E-state index is -0.380. The number of nitrogens with one attached hydrogen (secondary N) is 1. The summed E-state index contributed by atoms with van der Waals surface area (Å²) in [5.41, 5.74) is 1.99. The normalized spacial score (nSPS) is 10.8. The number of halogens is 2. The molecular weight excluding hydrogens is 484 g/mol. The summed E-state index contributed by atoms with van der Waals surface area (Å²) in [5, 5.41) is 12.2. The minimum absolute atomic E-state index is 0.0540. The predicted octanol–water partition coefficient (Wildman–Crippen LogP) is 5.43. The summed E-state index contributed by atoms with van der Waals surface area (Å²) >= 11 is 6.90. The average molecular weight is 504 g/mol. The fraction of sp³-hybridized carbons (Fsp3) is 0.182. The molecule has 0 aromatic heterocycles.